The van der Waals surface area contributed by atoms with Crippen molar-refractivity contribution in [1.82, 2.24) is 4.90 Å². The van der Waals surface area contributed by atoms with Gasteiger partial charge in [0.15, 0.2) is 0 Å². The maximum Gasteiger partial charge on any atom is 0.308 e. The summed E-state index contributed by atoms with van der Waals surface area (Å²) >= 11 is 0. The second kappa shape index (κ2) is 9.89. The lowest BCUT2D eigenvalue weighted by molar-refractivity contribution is -0.140. The number of ketones is 1. The van der Waals surface area contributed by atoms with Crippen molar-refractivity contribution in [2.45, 2.75) is 19.4 Å². The van der Waals surface area contributed by atoms with Crippen LogP contribution in [-0.4, -0.2) is 47.9 Å². The van der Waals surface area contributed by atoms with E-state index in [1.165, 1.54) is 11.8 Å². The molecule has 4 rings (SSSR count). The molecule has 1 fully saturated rings. The summed E-state index contributed by atoms with van der Waals surface area (Å²) in [4.78, 5) is 39.2. The lowest BCUT2D eigenvalue weighted by Gasteiger charge is -2.25. The number of carbonyl (C=O) groups excluding carboxylic acids is 3. The molecule has 1 N–H and O–H groups in total. The van der Waals surface area contributed by atoms with Crippen molar-refractivity contribution in [1.29, 1.82) is 0 Å². The van der Waals surface area contributed by atoms with Crippen LogP contribution >= 0.6 is 0 Å². The molecular formula is C27H25NO6. The maximum absolute atomic E-state index is 13.2. The third kappa shape index (κ3) is 4.43. The number of likely N-dealkylation sites (tertiary alicyclic amines) is 1. The molecular weight excluding hydrogens is 434 g/mol. The smallest absolute Gasteiger partial charge is 0.308 e. The number of fused-ring (bicyclic) bond motifs is 1. The van der Waals surface area contributed by atoms with Crippen molar-refractivity contribution < 1.29 is 29.0 Å². The number of nitrogens with zero attached hydrogens (tertiary/aromatic N) is 1. The van der Waals surface area contributed by atoms with E-state index in [-0.39, 0.29) is 23.6 Å². The number of benzene rings is 3. The molecule has 7 heteroatoms. The van der Waals surface area contributed by atoms with E-state index in [1.54, 1.807) is 43.5 Å². The molecule has 1 unspecified atom stereocenters. The molecule has 1 amide bonds. The van der Waals surface area contributed by atoms with Crippen molar-refractivity contribution >= 4 is 34.2 Å². The molecule has 34 heavy (non-hydrogen) atoms. The molecule has 0 bridgehead atoms. The fourth-order valence-electron chi connectivity index (χ4n) is 4.33. The number of Topliss-reactive ketones (excluding diaryl/α,β-unsaturated/α-hetero) is 1. The monoisotopic (exact) mass is 459 g/mol. The molecule has 1 aliphatic heterocycles. The summed E-state index contributed by atoms with van der Waals surface area (Å²) in [5.41, 5.74) is 1.02. The Kier molecular flexibility index (Phi) is 6.75. The van der Waals surface area contributed by atoms with E-state index in [0.29, 0.717) is 24.2 Å². The number of ether oxygens (including phenoxy) is 2. The molecule has 1 saturated heterocycles. The van der Waals surface area contributed by atoms with Crippen LogP contribution in [0.5, 0.6) is 5.75 Å². The highest BCUT2D eigenvalue weighted by molar-refractivity contribution is 6.46. The molecule has 0 saturated carbocycles. The van der Waals surface area contributed by atoms with Gasteiger partial charge in [0.1, 0.15) is 11.5 Å². The quantitative estimate of drug-likeness (QED) is 0.142. The van der Waals surface area contributed by atoms with Gasteiger partial charge in [0.05, 0.1) is 11.6 Å². The summed E-state index contributed by atoms with van der Waals surface area (Å²) in [5.74, 6) is -1.89. The first-order valence-electron chi connectivity index (χ1n) is 11.0. The SMILES string of the molecule is COCCCN1C(=O)C(=O)/C(=C(\O)c2cccc3ccccc23)C1c1cccc(OC(C)=O)c1. The molecule has 1 atom stereocenters. The minimum Gasteiger partial charge on any atom is -0.507 e. The van der Waals surface area contributed by atoms with Crippen molar-refractivity contribution in [3.8, 4) is 5.75 Å². The van der Waals surface area contributed by atoms with Crippen molar-refractivity contribution in [2.24, 2.45) is 0 Å². The second-order valence-corrected chi connectivity index (χ2v) is 8.03. The first-order valence-corrected chi connectivity index (χ1v) is 11.0. The second-order valence-electron chi connectivity index (χ2n) is 8.03. The van der Waals surface area contributed by atoms with Crippen LogP contribution < -0.4 is 4.74 Å². The third-order valence-electron chi connectivity index (χ3n) is 5.77. The van der Waals surface area contributed by atoms with E-state index in [0.717, 1.165) is 10.8 Å². The predicted octanol–water partition coefficient (Wildman–Crippen LogP) is 4.22. The highest BCUT2D eigenvalue weighted by Crippen LogP contribution is 2.41. The van der Waals surface area contributed by atoms with Crippen LogP contribution in [0.1, 0.15) is 30.5 Å². The first kappa shape index (κ1) is 23.2. The third-order valence-corrected chi connectivity index (χ3v) is 5.77. The molecule has 174 valence electrons. The Morgan fingerprint density at radius 1 is 1.03 bits per heavy atom. The lowest BCUT2D eigenvalue weighted by Crippen LogP contribution is -2.31. The number of amides is 1. The number of esters is 1. The minimum atomic E-state index is -0.841. The Hall–Kier alpha value is -3.97. The Labute approximate surface area is 197 Å². The van der Waals surface area contributed by atoms with Gasteiger partial charge in [-0.3, -0.25) is 14.4 Å². The topological polar surface area (TPSA) is 93.1 Å². The predicted molar refractivity (Wildman–Crippen MR) is 127 cm³/mol. The standard InChI is InChI=1S/C27H25NO6/c1-17(29)34-20-11-5-10-19(16-20)24-23(26(31)27(32)28(24)14-7-15-33-2)25(30)22-13-6-9-18-8-3-4-12-21(18)22/h3-6,8-13,16,24,30H,7,14-15H2,1-2H3/b25-23-. The van der Waals surface area contributed by atoms with Crippen LogP contribution in [-0.2, 0) is 19.1 Å². The summed E-state index contributed by atoms with van der Waals surface area (Å²) in [6, 6.07) is 18.7. The first-order chi connectivity index (χ1) is 16.4. The number of rotatable bonds is 7. The van der Waals surface area contributed by atoms with Gasteiger partial charge in [-0.15, -0.1) is 0 Å². The normalized spacial score (nSPS) is 17.4. The zero-order valence-corrected chi connectivity index (χ0v) is 19.0. The van der Waals surface area contributed by atoms with Gasteiger partial charge in [-0.25, -0.2) is 0 Å². The van der Waals surface area contributed by atoms with Crippen LogP contribution in [0.15, 0.2) is 72.3 Å². The van der Waals surface area contributed by atoms with E-state index in [1.807, 2.05) is 30.3 Å². The van der Waals surface area contributed by atoms with Crippen LogP contribution in [0.25, 0.3) is 16.5 Å². The largest absolute Gasteiger partial charge is 0.507 e. The summed E-state index contributed by atoms with van der Waals surface area (Å²) in [5, 5.41) is 13.1. The summed E-state index contributed by atoms with van der Waals surface area (Å²) in [6.07, 6.45) is 0.512. The summed E-state index contributed by atoms with van der Waals surface area (Å²) in [7, 11) is 1.56. The van der Waals surface area contributed by atoms with Crippen LogP contribution in [0.2, 0.25) is 0 Å². The molecule has 7 nitrogen and oxygen atoms in total. The number of hydrogen-bond acceptors (Lipinski definition) is 6. The molecule has 0 spiro atoms. The van der Waals surface area contributed by atoms with Gasteiger partial charge >= 0.3 is 5.97 Å². The van der Waals surface area contributed by atoms with Crippen molar-refractivity contribution in [2.75, 3.05) is 20.3 Å². The zero-order valence-electron chi connectivity index (χ0n) is 19.0. The number of aliphatic hydroxyl groups excluding tert-OH is 1. The Bertz CT molecular complexity index is 1290. The van der Waals surface area contributed by atoms with Crippen LogP contribution in [0.3, 0.4) is 0 Å². The average Bonchev–Trinajstić information content (AvgIpc) is 3.08. The van der Waals surface area contributed by atoms with Gasteiger partial charge in [-0.1, -0.05) is 54.6 Å². The van der Waals surface area contributed by atoms with Gasteiger partial charge in [0.25, 0.3) is 11.7 Å². The van der Waals surface area contributed by atoms with Gasteiger partial charge in [0.2, 0.25) is 0 Å². The molecule has 0 aromatic heterocycles. The van der Waals surface area contributed by atoms with E-state index in [9.17, 15) is 19.5 Å². The molecule has 1 aliphatic rings. The minimum absolute atomic E-state index is 0.00116. The highest BCUT2D eigenvalue weighted by atomic mass is 16.5. The van der Waals surface area contributed by atoms with Gasteiger partial charge in [-0.05, 0) is 34.9 Å². The van der Waals surface area contributed by atoms with Crippen molar-refractivity contribution in [3.63, 3.8) is 0 Å². The lowest BCUT2D eigenvalue weighted by atomic mass is 9.93. The maximum atomic E-state index is 13.2. The highest BCUT2D eigenvalue weighted by Gasteiger charge is 2.46. The van der Waals surface area contributed by atoms with E-state index in [4.69, 9.17) is 9.47 Å². The van der Waals surface area contributed by atoms with Crippen LogP contribution in [0.4, 0.5) is 0 Å². The van der Waals surface area contributed by atoms with E-state index < -0.39 is 23.7 Å². The van der Waals surface area contributed by atoms with E-state index in [2.05, 4.69) is 0 Å². The van der Waals surface area contributed by atoms with Gasteiger partial charge in [-0.2, -0.15) is 0 Å². The Balaban J connectivity index is 1.89. The Morgan fingerprint density at radius 2 is 1.76 bits per heavy atom. The Morgan fingerprint density at radius 3 is 2.53 bits per heavy atom. The number of methoxy groups -OCH3 is 1. The average molecular weight is 459 g/mol. The molecule has 0 aliphatic carbocycles. The summed E-state index contributed by atoms with van der Waals surface area (Å²) < 4.78 is 10.3. The molecule has 0 radical (unpaired) electrons. The van der Waals surface area contributed by atoms with Crippen LogP contribution in [0, 0.1) is 0 Å². The fraction of sp³-hybridized carbons (Fsp3) is 0.222. The summed E-state index contributed by atoms with van der Waals surface area (Å²) in [6.45, 7) is 1.96. The van der Waals surface area contributed by atoms with Crippen molar-refractivity contribution in [3.05, 3.63) is 83.4 Å². The van der Waals surface area contributed by atoms with Gasteiger partial charge in [0, 0.05) is 32.7 Å². The molecule has 3 aromatic carbocycles. The number of carbonyl (C=O) groups is 3. The van der Waals surface area contributed by atoms with Gasteiger partial charge < -0.3 is 19.5 Å². The zero-order chi connectivity index (χ0) is 24.2. The van der Waals surface area contributed by atoms with E-state index >= 15 is 0 Å². The number of aliphatic hydroxyl groups is 1. The fourth-order valence-corrected chi connectivity index (χ4v) is 4.33. The molecule has 3 aromatic rings. The molecule has 1 heterocycles. The number of hydrogen-bond donors (Lipinski definition) is 1.